The SMILES string of the molecule is Cc1cc(C2=CCC(c3ccc(OCCOCC4OC4C)cc3)CC2)ccc1OCCOCC1OC1C. The van der Waals surface area contributed by atoms with Gasteiger partial charge in [0.05, 0.1) is 38.6 Å². The molecule has 2 fully saturated rings. The van der Waals surface area contributed by atoms with Gasteiger partial charge in [-0.25, -0.2) is 0 Å². The molecule has 2 aliphatic heterocycles. The van der Waals surface area contributed by atoms with E-state index in [0.29, 0.717) is 57.8 Å². The van der Waals surface area contributed by atoms with E-state index in [0.717, 1.165) is 36.3 Å². The Morgan fingerprint density at radius 2 is 1.46 bits per heavy atom. The molecule has 200 valence electrons. The van der Waals surface area contributed by atoms with Crippen LogP contribution in [0.1, 0.15) is 55.7 Å². The summed E-state index contributed by atoms with van der Waals surface area (Å²) in [6, 6.07) is 15.1. The van der Waals surface area contributed by atoms with Crippen molar-refractivity contribution in [2.75, 3.05) is 39.6 Å². The third-order valence-corrected chi connectivity index (χ3v) is 7.53. The number of hydrogen-bond donors (Lipinski definition) is 0. The highest BCUT2D eigenvalue weighted by Gasteiger charge is 2.34. The third-order valence-electron chi connectivity index (χ3n) is 7.53. The maximum atomic E-state index is 5.94. The summed E-state index contributed by atoms with van der Waals surface area (Å²) in [7, 11) is 0. The molecule has 5 unspecified atom stereocenters. The van der Waals surface area contributed by atoms with Crippen molar-refractivity contribution in [3.8, 4) is 11.5 Å². The summed E-state index contributed by atoms with van der Waals surface area (Å²) in [4.78, 5) is 0. The van der Waals surface area contributed by atoms with Crippen molar-refractivity contribution in [2.24, 2.45) is 0 Å². The monoisotopic (exact) mass is 508 g/mol. The van der Waals surface area contributed by atoms with Gasteiger partial charge in [0, 0.05) is 0 Å². The molecule has 2 aromatic rings. The molecule has 0 bridgehead atoms. The average Bonchev–Trinajstić information content (AvgIpc) is 3.82. The molecule has 2 heterocycles. The van der Waals surface area contributed by atoms with Crippen molar-refractivity contribution in [1.29, 1.82) is 0 Å². The van der Waals surface area contributed by atoms with Crippen molar-refractivity contribution in [3.63, 3.8) is 0 Å². The van der Waals surface area contributed by atoms with Gasteiger partial charge in [0.15, 0.2) is 0 Å². The van der Waals surface area contributed by atoms with E-state index in [1.165, 1.54) is 16.7 Å². The zero-order valence-corrected chi connectivity index (χ0v) is 22.3. The quantitative estimate of drug-likeness (QED) is 0.241. The van der Waals surface area contributed by atoms with Gasteiger partial charge in [-0.3, -0.25) is 0 Å². The van der Waals surface area contributed by atoms with E-state index in [1.54, 1.807) is 0 Å². The lowest BCUT2D eigenvalue weighted by Crippen LogP contribution is -2.11. The molecule has 6 nitrogen and oxygen atoms in total. The Morgan fingerprint density at radius 3 is 2.03 bits per heavy atom. The summed E-state index contributed by atoms with van der Waals surface area (Å²) in [6.07, 6.45) is 6.93. The first-order valence-corrected chi connectivity index (χ1v) is 13.7. The van der Waals surface area contributed by atoms with Crippen LogP contribution in [0.25, 0.3) is 5.57 Å². The number of epoxide rings is 2. The molecular formula is C31H40O6. The van der Waals surface area contributed by atoms with Crippen molar-refractivity contribution in [1.82, 2.24) is 0 Å². The number of rotatable bonds is 14. The molecule has 0 aromatic heterocycles. The smallest absolute Gasteiger partial charge is 0.122 e. The Hall–Kier alpha value is -2.38. The molecule has 6 heteroatoms. The molecule has 5 atom stereocenters. The van der Waals surface area contributed by atoms with Gasteiger partial charge in [-0.2, -0.15) is 0 Å². The predicted molar refractivity (Wildman–Crippen MR) is 143 cm³/mol. The van der Waals surface area contributed by atoms with Crippen LogP contribution < -0.4 is 9.47 Å². The standard InChI is InChI=1S/C31H40O6/c1-21-18-27(10-13-29(21)35-17-15-33-20-31-23(3)37-31)26-6-4-24(5-7-26)25-8-11-28(12-9-25)34-16-14-32-19-30-22(2)36-30/h6,8-13,18,22-24,30-31H,4-5,7,14-17,19-20H2,1-3H3. The largest absolute Gasteiger partial charge is 0.491 e. The summed E-state index contributed by atoms with van der Waals surface area (Å²) in [5.74, 6) is 2.37. The van der Waals surface area contributed by atoms with Crippen LogP contribution in [0.3, 0.4) is 0 Å². The molecule has 3 aliphatic rings. The number of ether oxygens (including phenoxy) is 6. The first-order chi connectivity index (χ1) is 18.1. The number of allylic oxidation sites excluding steroid dienone is 2. The van der Waals surface area contributed by atoms with E-state index >= 15 is 0 Å². The van der Waals surface area contributed by atoms with E-state index in [9.17, 15) is 0 Å². The fourth-order valence-corrected chi connectivity index (χ4v) is 4.88. The first-order valence-electron chi connectivity index (χ1n) is 13.7. The Bertz CT molecular complexity index is 1050. The maximum Gasteiger partial charge on any atom is 0.122 e. The lowest BCUT2D eigenvalue weighted by molar-refractivity contribution is 0.0876. The van der Waals surface area contributed by atoms with Crippen molar-refractivity contribution < 1.29 is 28.4 Å². The molecule has 37 heavy (non-hydrogen) atoms. The average molecular weight is 509 g/mol. The lowest BCUT2D eigenvalue weighted by Gasteiger charge is -2.23. The predicted octanol–water partition coefficient (Wildman–Crippen LogP) is 5.71. The van der Waals surface area contributed by atoms with Crippen LogP contribution in [-0.4, -0.2) is 64.1 Å². The van der Waals surface area contributed by atoms with E-state index < -0.39 is 0 Å². The maximum absolute atomic E-state index is 5.94. The number of hydrogen-bond acceptors (Lipinski definition) is 6. The van der Waals surface area contributed by atoms with Crippen molar-refractivity contribution >= 4 is 5.57 Å². The summed E-state index contributed by atoms with van der Waals surface area (Å²) in [5, 5.41) is 0. The summed E-state index contributed by atoms with van der Waals surface area (Å²) >= 11 is 0. The Morgan fingerprint density at radius 1 is 0.811 bits per heavy atom. The molecule has 0 spiro atoms. The third kappa shape index (κ3) is 7.57. The van der Waals surface area contributed by atoms with Gasteiger partial charge in [0.1, 0.15) is 36.9 Å². The van der Waals surface area contributed by atoms with Gasteiger partial charge >= 0.3 is 0 Å². The summed E-state index contributed by atoms with van der Waals surface area (Å²) in [5.41, 5.74) is 5.27. The molecule has 2 aromatic carbocycles. The minimum Gasteiger partial charge on any atom is -0.491 e. The van der Waals surface area contributed by atoms with Gasteiger partial charge in [-0.15, -0.1) is 0 Å². The second kappa shape index (κ2) is 12.4. The van der Waals surface area contributed by atoms with Crippen molar-refractivity contribution in [3.05, 3.63) is 65.2 Å². The molecule has 0 amide bonds. The Balaban J connectivity index is 1.03. The zero-order chi connectivity index (χ0) is 25.6. The Labute approximate surface area is 220 Å². The van der Waals surface area contributed by atoms with Gasteiger partial charge in [0.2, 0.25) is 0 Å². The van der Waals surface area contributed by atoms with Gasteiger partial charge in [-0.05, 0) is 92.5 Å². The number of benzene rings is 2. The minimum atomic E-state index is 0.269. The zero-order valence-electron chi connectivity index (χ0n) is 22.3. The van der Waals surface area contributed by atoms with Crippen LogP contribution in [-0.2, 0) is 18.9 Å². The van der Waals surface area contributed by atoms with Gasteiger partial charge in [-0.1, -0.05) is 24.3 Å². The molecule has 1 aliphatic carbocycles. The summed E-state index contributed by atoms with van der Waals surface area (Å²) < 4.78 is 33.7. The lowest BCUT2D eigenvalue weighted by atomic mass is 9.82. The second-order valence-corrected chi connectivity index (χ2v) is 10.4. The second-order valence-electron chi connectivity index (χ2n) is 10.4. The fourth-order valence-electron chi connectivity index (χ4n) is 4.88. The molecule has 0 saturated carbocycles. The first kappa shape index (κ1) is 26.2. The Kier molecular flexibility index (Phi) is 8.82. The molecule has 0 N–H and O–H groups in total. The van der Waals surface area contributed by atoms with E-state index in [2.05, 4.69) is 69.3 Å². The van der Waals surface area contributed by atoms with Gasteiger partial charge < -0.3 is 28.4 Å². The highest BCUT2D eigenvalue weighted by Crippen LogP contribution is 2.37. The highest BCUT2D eigenvalue weighted by molar-refractivity contribution is 5.68. The topological polar surface area (TPSA) is 62.0 Å². The van der Waals surface area contributed by atoms with Crippen LogP contribution in [0.5, 0.6) is 11.5 Å². The molecule has 2 saturated heterocycles. The molecule has 0 radical (unpaired) electrons. The van der Waals surface area contributed by atoms with E-state index in [-0.39, 0.29) is 12.2 Å². The molecule has 5 rings (SSSR count). The number of aryl methyl sites for hydroxylation is 1. The van der Waals surface area contributed by atoms with Crippen molar-refractivity contribution in [2.45, 2.75) is 70.4 Å². The van der Waals surface area contributed by atoms with Crippen LogP contribution >= 0.6 is 0 Å². The summed E-state index contributed by atoms with van der Waals surface area (Å²) in [6.45, 7) is 9.83. The highest BCUT2D eigenvalue weighted by atomic mass is 16.6. The van der Waals surface area contributed by atoms with E-state index in [1.807, 2.05) is 0 Å². The minimum absolute atomic E-state index is 0.269. The van der Waals surface area contributed by atoms with Gasteiger partial charge in [0.25, 0.3) is 0 Å². The van der Waals surface area contributed by atoms with Crippen LogP contribution in [0.2, 0.25) is 0 Å². The van der Waals surface area contributed by atoms with Crippen LogP contribution in [0, 0.1) is 6.92 Å². The molecular weight excluding hydrogens is 468 g/mol. The fraction of sp³-hybridized carbons (Fsp3) is 0.548. The normalized spacial score (nSPS) is 26.5. The van der Waals surface area contributed by atoms with E-state index in [4.69, 9.17) is 28.4 Å². The van der Waals surface area contributed by atoms with Crippen LogP contribution in [0.15, 0.2) is 48.5 Å². The van der Waals surface area contributed by atoms with Crippen LogP contribution in [0.4, 0.5) is 0 Å².